The van der Waals surface area contributed by atoms with Crippen LogP contribution < -0.4 is 0 Å². The zero-order valence-corrected chi connectivity index (χ0v) is 13.3. The lowest BCUT2D eigenvalue weighted by atomic mass is 10.2. The van der Waals surface area contributed by atoms with Gasteiger partial charge < -0.3 is 0 Å². The summed E-state index contributed by atoms with van der Waals surface area (Å²) in [6.45, 7) is 0. The molecule has 0 amide bonds. The predicted octanol–water partition coefficient (Wildman–Crippen LogP) is 5.62. The number of rotatable bonds is 2. The maximum Gasteiger partial charge on any atom is 0.125 e. The number of hydrogen-bond donors (Lipinski definition) is 0. The number of thiazole rings is 1. The summed E-state index contributed by atoms with van der Waals surface area (Å²) in [5.41, 5.74) is 3.50. The summed E-state index contributed by atoms with van der Waals surface area (Å²) in [5.74, 6) is 0. The highest BCUT2D eigenvalue weighted by Gasteiger charge is 2.09. The lowest BCUT2D eigenvalue weighted by Crippen LogP contribution is -1.77. The standard InChI is InChI=1S/C14H9Br2NS/c15-8-9-5-6-12-13(7-9)18-14(17-12)10-3-1-2-4-11(10)16/h1-7H,8H2. The van der Waals surface area contributed by atoms with Gasteiger partial charge in [0.05, 0.1) is 10.2 Å². The molecule has 0 bridgehead atoms. The maximum absolute atomic E-state index is 4.69. The Morgan fingerprint density at radius 1 is 1.11 bits per heavy atom. The molecule has 0 saturated carbocycles. The van der Waals surface area contributed by atoms with Crippen LogP contribution in [0.5, 0.6) is 0 Å². The number of aromatic nitrogens is 1. The van der Waals surface area contributed by atoms with Gasteiger partial charge in [-0.2, -0.15) is 0 Å². The van der Waals surface area contributed by atoms with Crippen LogP contribution >= 0.6 is 43.2 Å². The highest BCUT2D eigenvalue weighted by Crippen LogP contribution is 2.34. The number of fused-ring (bicyclic) bond motifs is 1. The van der Waals surface area contributed by atoms with Crippen LogP contribution in [-0.4, -0.2) is 4.98 Å². The summed E-state index contributed by atoms with van der Waals surface area (Å²) in [4.78, 5) is 4.69. The Labute approximate surface area is 126 Å². The SMILES string of the molecule is BrCc1ccc2nc(-c3ccccc3Br)sc2c1. The number of halogens is 2. The van der Waals surface area contributed by atoms with E-state index in [1.54, 1.807) is 11.3 Å². The molecule has 1 aromatic heterocycles. The van der Waals surface area contributed by atoms with Crippen molar-refractivity contribution >= 4 is 53.4 Å². The first-order chi connectivity index (χ1) is 8.78. The Hall–Kier alpha value is -0.710. The van der Waals surface area contributed by atoms with Crippen molar-refractivity contribution in [2.45, 2.75) is 5.33 Å². The van der Waals surface area contributed by atoms with Crippen LogP contribution in [-0.2, 0) is 5.33 Å². The average molecular weight is 383 g/mol. The van der Waals surface area contributed by atoms with E-state index in [1.807, 2.05) is 18.2 Å². The first kappa shape index (κ1) is 12.3. The second kappa shape index (κ2) is 5.11. The molecule has 3 aromatic rings. The van der Waals surface area contributed by atoms with Crippen molar-refractivity contribution in [2.24, 2.45) is 0 Å². The normalized spacial score (nSPS) is 11.0. The molecular formula is C14H9Br2NS. The van der Waals surface area contributed by atoms with Crippen molar-refractivity contribution in [3.63, 3.8) is 0 Å². The zero-order chi connectivity index (χ0) is 12.5. The largest absolute Gasteiger partial charge is 0.236 e. The van der Waals surface area contributed by atoms with E-state index < -0.39 is 0 Å². The second-order valence-electron chi connectivity index (χ2n) is 3.93. The fraction of sp³-hybridized carbons (Fsp3) is 0.0714. The van der Waals surface area contributed by atoms with Crippen molar-refractivity contribution in [3.05, 3.63) is 52.5 Å². The van der Waals surface area contributed by atoms with E-state index in [1.165, 1.54) is 10.3 Å². The average Bonchev–Trinajstić information content (AvgIpc) is 2.81. The van der Waals surface area contributed by atoms with Gasteiger partial charge in [-0.15, -0.1) is 11.3 Å². The molecule has 0 spiro atoms. The molecule has 90 valence electrons. The highest BCUT2D eigenvalue weighted by molar-refractivity contribution is 9.10. The summed E-state index contributed by atoms with van der Waals surface area (Å²) < 4.78 is 2.32. The van der Waals surface area contributed by atoms with E-state index in [4.69, 9.17) is 4.98 Å². The van der Waals surface area contributed by atoms with Crippen LogP contribution in [0, 0.1) is 0 Å². The topological polar surface area (TPSA) is 12.9 Å². The third-order valence-corrected chi connectivity index (χ3v) is 5.10. The van der Waals surface area contributed by atoms with Gasteiger partial charge in [-0.3, -0.25) is 0 Å². The fourth-order valence-electron chi connectivity index (χ4n) is 1.80. The summed E-state index contributed by atoms with van der Waals surface area (Å²) in [6.07, 6.45) is 0. The molecule has 1 nitrogen and oxygen atoms in total. The van der Waals surface area contributed by atoms with Crippen molar-refractivity contribution in [2.75, 3.05) is 0 Å². The number of nitrogens with zero attached hydrogens (tertiary/aromatic N) is 1. The van der Waals surface area contributed by atoms with Crippen LogP contribution in [0.1, 0.15) is 5.56 Å². The van der Waals surface area contributed by atoms with Crippen molar-refractivity contribution in [1.82, 2.24) is 4.98 Å². The second-order valence-corrected chi connectivity index (χ2v) is 6.38. The van der Waals surface area contributed by atoms with Gasteiger partial charge in [0.15, 0.2) is 0 Å². The van der Waals surface area contributed by atoms with E-state index in [2.05, 4.69) is 56.1 Å². The highest BCUT2D eigenvalue weighted by atomic mass is 79.9. The van der Waals surface area contributed by atoms with E-state index in [-0.39, 0.29) is 0 Å². The third kappa shape index (κ3) is 2.25. The van der Waals surface area contributed by atoms with Crippen LogP contribution in [0.2, 0.25) is 0 Å². The zero-order valence-electron chi connectivity index (χ0n) is 9.36. The minimum Gasteiger partial charge on any atom is -0.236 e. The molecule has 0 N–H and O–H groups in total. The molecule has 0 unspecified atom stereocenters. The molecule has 1 heterocycles. The smallest absolute Gasteiger partial charge is 0.125 e. The lowest BCUT2D eigenvalue weighted by Gasteiger charge is -1.97. The lowest BCUT2D eigenvalue weighted by molar-refractivity contribution is 1.43. The first-order valence-electron chi connectivity index (χ1n) is 5.48. The number of hydrogen-bond acceptors (Lipinski definition) is 2. The molecule has 0 aliphatic rings. The molecule has 0 atom stereocenters. The molecule has 4 heteroatoms. The number of benzene rings is 2. The van der Waals surface area contributed by atoms with Crippen molar-refractivity contribution in [1.29, 1.82) is 0 Å². The van der Waals surface area contributed by atoms with E-state index in [9.17, 15) is 0 Å². The van der Waals surface area contributed by atoms with Gasteiger partial charge in [0, 0.05) is 15.4 Å². The first-order valence-corrected chi connectivity index (χ1v) is 8.21. The molecule has 0 fully saturated rings. The van der Waals surface area contributed by atoms with Gasteiger partial charge in [-0.25, -0.2) is 4.98 Å². The summed E-state index contributed by atoms with van der Waals surface area (Å²) in [7, 11) is 0. The Balaban J connectivity index is 2.17. The van der Waals surface area contributed by atoms with E-state index >= 15 is 0 Å². The molecule has 18 heavy (non-hydrogen) atoms. The molecular weight excluding hydrogens is 374 g/mol. The van der Waals surface area contributed by atoms with E-state index in [0.29, 0.717) is 0 Å². The van der Waals surface area contributed by atoms with Crippen molar-refractivity contribution < 1.29 is 0 Å². The minimum absolute atomic E-state index is 0.880. The molecule has 0 aliphatic heterocycles. The molecule has 0 saturated heterocycles. The Morgan fingerprint density at radius 2 is 1.94 bits per heavy atom. The van der Waals surface area contributed by atoms with Crippen molar-refractivity contribution in [3.8, 4) is 10.6 Å². The van der Waals surface area contributed by atoms with Crippen LogP contribution in [0.15, 0.2) is 46.9 Å². The molecule has 2 aromatic carbocycles. The summed E-state index contributed by atoms with van der Waals surface area (Å²) >= 11 is 8.79. The molecule has 3 rings (SSSR count). The Kier molecular flexibility index (Phi) is 3.50. The monoisotopic (exact) mass is 381 g/mol. The Bertz CT molecular complexity index is 706. The van der Waals surface area contributed by atoms with Gasteiger partial charge in [0.2, 0.25) is 0 Å². The Morgan fingerprint density at radius 3 is 2.72 bits per heavy atom. The predicted molar refractivity (Wildman–Crippen MR) is 85.4 cm³/mol. The van der Waals surface area contributed by atoms with E-state index in [0.717, 1.165) is 25.9 Å². The molecule has 0 radical (unpaired) electrons. The van der Waals surface area contributed by atoms with Gasteiger partial charge in [-0.05, 0) is 23.8 Å². The fourth-order valence-corrected chi connectivity index (χ4v) is 3.82. The van der Waals surface area contributed by atoms with Crippen LogP contribution in [0.3, 0.4) is 0 Å². The van der Waals surface area contributed by atoms with Gasteiger partial charge in [-0.1, -0.05) is 56.1 Å². The van der Waals surface area contributed by atoms with Crippen LogP contribution in [0.25, 0.3) is 20.8 Å². The van der Waals surface area contributed by atoms with Gasteiger partial charge in [0.1, 0.15) is 5.01 Å². The van der Waals surface area contributed by atoms with Gasteiger partial charge in [0.25, 0.3) is 0 Å². The summed E-state index contributed by atoms with van der Waals surface area (Å²) in [5, 5.41) is 1.94. The number of alkyl halides is 1. The summed E-state index contributed by atoms with van der Waals surface area (Å²) in [6, 6.07) is 14.6. The maximum atomic E-state index is 4.69. The minimum atomic E-state index is 0.880. The van der Waals surface area contributed by atoms with Gasteiger partial charge >= 0.3 is 0 Å². The third-order valence-electron chi connectivity index (χ3n) is 2.71. The molecule has 0 aliphatic carbocycles. The van der Waals surface area contributed by atoms with Crippen LogP contribution in [0.4, 0.5) is 0 Å². The quantitative estimate of drug-likeness (QED) is 0.524.